The molecule has 1 fully saturated rings. The van der Waals surface area contributed by atoms with Crippen LogP contribution in [0.25, 0.3) is 10.9 Å². The third kappa shape index (κ3) is 3.22. The number of fused-ring (bicyclic) bond motifs is 1. The van der Waals surface area contributed by atoms with Gasteiger partial charge in [-0.2, -0.15) is 0 Å². The lowest BCUT2D eigenvalue weighted by Crippen LogP contribution is -2.41. The maximum absolute atomic E-state index is 12.9. The Morgan fingerprint density at radius 2 is 1.92 bits per heavy atom. The molecule has 0 unspecified atom stereocenters. The third-order valence-corrected chi connectivity index (χ3v) is 6.77. The average molecular weight is 472 g/mol. The van der Waals surface area contributed by atoms with Crippen molar-refractivity contribution in [2.75, 3.05) is 0 Å². The Balaban J connectivity index is 2.20. The van der Waals surface area contributed by atoms with Crippen molar-refractivity contribution in [1.82, 2.24) is 8.54 Å². The molecule has 8 heteroatoms. The molecule has 5 nitrogen and oxygen atoms in total. The number of hydrogen-bond donors (Lipinski definition) is 0. The number of hydrogen-bond acceptors (Lipinski definition) is 4. The highest BCUT2D eigenvalue weighted by atomic mass is 127. The van der Waals surface area contributed by atoms with Crippen molar-refractivity contribution in [3.05, 3.63) is 41.0 Å². The Morgan fingerprint density at radius 1 is 1.28 bits per heavy atom. The zero-order valence-electron chi connectivity index (χ0n) is 15.1. The molecule has 1 aliphatic heterocycles. The lowest BCUT2D eigenvalue weighted by Gasteiger charge is -2.32. The Labute approximate surface area is 164 Å². The summed E-state index contributed by atoms with van der Waals surface area (Å²) in [5, 5.41) is 0.879. The number of halogens is 1. The molecule has 0 aliphatic carbocycles. The first-order valence-corrected chi connectivity index (χ1v) is 11.5. The van der Waals surface area contributed by atoms with E-state index < -0.39 is 18.3 Å². The van der Waals surface area contributed by atoms with E-state index in [1.807, 2.05) is 69.2 Å². The van der Waals surface area contributed by atoms with E-state index in [0.717, 1.165) is 10.8 Å². The summed E-state index contributed by atoms with van der Waals surface area (Å²) in [6.07, 6.45) is 7.69. The number of allylic oxidation sites excluding steroid dienone is 2. The monoisotopic (exact) mass is 472 g/mol. The molecule has 0 radical (unpaired) electrons. The fourth-order valence-corrected chi connectivity index (χ4v) is 4.20. The van der Waals surface area contributed by atoms with Gasteiger partial charge in [0.15, 0.2) is 0 Å². The zero-order valence-corrected chi connectivity index (χ0v) is 18.1. The van der Waals surface area contributed by atoms with E-state index in [4.69, 9.17) is 9.31 Å². The molecular formula is C17H22BIN2O3S. The number of pyridine rings is 1. The van der Waals surface area contributed by atoms with Crippen LogP contribution in [0.5, 0.6) is 0 Å². The topological polar surface area (TPSA) is 45.4 Å². The Kier molecular flexibility index (Phi) is 5.18. The molecule has 2 aromatic heterocycles. The largest absolute Gasteiger partial charge is 0.497 e. The van der Waals surface area contributed by atoms with Crippen molar-refractivity contribution in [3.8, 4) is 0 Å². The molecule has 0 N–H and O–H groups in total. The minimum atomic E-state index is -0.500. The van der Waals surface area contributed by atoms with Crippen LogP contribution in [0.3, 0.4) is 0 Å². The van der Waals surface area contributed by atoms with Crippen LogP contribution in [-0.4, -0.2) is 26.9 Å². The van der Waals surface area contributed by atoms with Gasteiger partial charge in [-0.15, -0.1) is 0 Å². The summed E-state index contributed by atoms with van der Waals surface area (Å²) in [5.74, 6) is 0. The molecule has 1 aliphatic rings. The number of nitrogens with zero attached hydrogens (tertiary/aromatic N) is 2. The van der Waals surface area contributed by atoms with Crippen LogP contribution in [0.1, 0.15) is 34.6 Å². The Bertz CT molecular complexity index is 872. The summed E-state index contributed by atoms with van der Waals surface area (Å²) in [6, 6.07) is 1.96. The second kappa shape index (κ2) is 6.79. The van der Waals surface area contributed by atoms with E-state index in [1.165, 1.54) is 9.12 Å². The van der Waals surface area contributed by atoms with Crippen molar-refractivity contribution in [3.63, 3.8) is 0 Å². The lowest BCUT2D eigenvalue weighted by atomic mass is 9.78. The van der Waals surface area contributed by atoms with Gasteiger partial charge < -0.3 is 13.9 Å². The smallest absolute Gasteiger partial charge is 0.399 e. The van der Waals surface area contributed by atoms with Gasteiger partial charge in [0.05, 0.1) is 11.2 Å². The molecule has 0 amide bonds. The predicted octanol–water partition coefficient (Wildman–Crippen LogP) is 3.52. The fraction of sp³-hybridized carbons (Fsp3) is 0.471. The molecule has 134 valence electrons. The van der Waals surface area contributed by atoms with Crippen LogP contribution >= 0.6 is 30.3 Å². The van der Waals surface area contributed by atoms with E-state index in [-0.39, 0.29) is 5.56 Å². The van der Waals surface area contributed by atoms with E-state index >= 15 is 0 Å². The van der Waals surface area contributed by atoms with Gasteiger partial charge in [-0.1, -0.05) is 12.2 Å². The van der Waals surface area contributed by atoms with Crippen molar-refractivity contribution in [2.45, 2.75) is 52.4 Å². The molecule has 0 atom stereocenters. The van der Waals surface area contributed by atoms with Crippen LogP contribution in [0, 0.1) is 0 Å². The third-order valence-electron chi connectivity index (χ3n) is 5.04. The number of rotatable bonds is 4. The van der Waals surface area contributed by atoms with Crippen LogP contribution in [0.15, 0.2) is 35.4 Å². The average Bonchev–Trinajstić information content (AvgIpc) is 3.05. The van der Waals surface area contributed by atoms with Gasteiger partial charge in [-0.3, -0.25) is 8.77 Å². The Morgan fingerprint density at radius 3 is 2.48 bits per heavy atom. The van der Waals surface area contributed by atoms with E-state index in [2.05, 4.69) is 21.2 Å². The maximum atomic E-state index is 12.9. The van der Waals surface area contributed by atoms with Gasteiger partial charge in [0, 0.05) is 60.1 Å². The summed E-state index contributed by atoms with van der Waals surface area (Å²) in [7, 11) is 0.976. The van der Waals surface area contributed by atoms with Gasteiger partial charge in [-0.05, 0) is 40.7 Å². The lowest BCUT2D eigenvalue weighted by molar-refractivity contribution is 0.00578. The van der Waals surface area contributed by atoms with E-state index in [0.29, 0.717) is 12.1 Å². The first kappa shape index (κ1) is 19.1. The van der Waals surface area contributed by atoms with Crippen molar-refractivity contribution in [2.24, 2.45) is 0 Å². The summed E-state index contributed by atoms with van der Waals surface area (Å²) >= 11 is 2.18. The Hall–Kier alpha value is -0.705. The van der Waals surface area contributed by atoms with Gasteiger partial charge >= 0.3 is 7.12 Å². The van der Waals surface area contributed by atoms with Crippen molar-refractivity contribution < 1.29 is 9.31 Å². The first-order valence-electron chi connectivity index (χ1n) is 8.22. The minimum Gasteiger partial charge on any atom is -0.399 e. The van der Waals surface area contributed by atoms with Crippen LogP contribution in [0.2, 0.25) is 0 Å². The second-order valence-electron chi connectivity index (χ2n) is 7.17. The molecule has 25 heavy (non-hydrogen) atoms. The highest BCUT2D eigenvalue weighted by molar-refractivity contribution is 14.2. The van der Waals surface area contributed by atoms with Gasteiger partial charge in [0.25, 0.3) is 5.56 Å². The fourth-order valence-electron chi connectivity index (χ4n) is 2.86. The van der Waals surface area contributed by atoms with Crippen LogP contribution < -0.4 is 11.0 Å². The summed E-state index contributed by atoms with van der Waals surface area (Å²) in [5.41, 5.74) is 0.699. The van der Waals surface area contributed by atoms with Crippen molar-refractivity contribution >= 4 is 53.8 Å². The molecular weight excluding hydrogens is 450 g/mol. The molecule has 1 saturated heterocycles. The van der Waals surface area contributed by atoms with E-state index in [1.54, 1.807) is 4.57 Å². The minimum absolute atomic E-state index is 0.0115. The molecule has 3 rings (SSSR count). The first-order chi connectivity index (χ1) is 11.7. The highest BCUT2D eigenvalue weighted by Crippen LogP contribution is 2.37. The molecule has 2 aromatic rings. The second-order valence-corrected chi connectivity index (χ2v) is 8.89. The molecule has 0 aromatic carbocycles. The summed E-state index contributed by atoms with van der Waals surface area (Å²) < 4.78 is 16.1. The normalized spacial score (nSPS) is 19.4. The molecule has 0 spiro atoms. The van der Waals surface area contributed by atoms with Crippen LogP contribution in [0.4, 0.5) is 0 Å². The SMILES string of the molecule is C/C=C/Cn1cc(B2OC(C)(C)C(C)(C)O2)c2ccn(SI)c2c1=O. The summed E-state index contributed by atoms with van der Waals surface area (Å²) in [4.78, 5) is 12.9. The standard InChI is InChI=1S/C17H22BIN2O3S/c1-6-7-9-20-11-13(18-23-16(2,3)17(4,5)24-18)12-8-10-21(25-19)14(12)15(20)22/h6-8,10-11H,9H2,1-5H3/b7-6+. The van der Waals surface area contributed by atoms with Crippen molar-refractivity contribution in [1.29, 1.82) is 0 Å². The highest BCUT2D eigenvalue weighted by Gasteiger charge is 2.52. The van der Waals surface area contributed by atoms with Gasteiger partial charge in [0.1, 0.15) is 5.52 Å². The maximum Gasteiger partial charge on any atom is 0.497 e. The molecule has 0 bridgehead atoms. The quantitative estimate of drug-likeness (QED) is 0.388. The van der Waals surface area contributed by atoms with Gasteiger partial charge in [0.2, 0.25) is 0 Å². The summed E-state index contributed by atoms with van der Waals surface area (Å²) in [6.45, 7) is 10.6. The van der Waals surface area contributed by atoms with Gasteiger partial charge in [-0.25, -0.2) is 0 Å². The zero-order chi connectivity index (χ0) is 18.4. The molecule has 0 saturated carbocycles. The predicted molar refractivity (Wildman–Crippen MR) is 114 cm³/mol. The van der Waals surface area contributed by atoms with Crippen LogP contribution in [-0.2, 0) is 15.9 Å². The molecule has 3 heterocycles. The van der Waals surface area contributed by atoms with E-state index in [9.17, 15) is 4.79 Å². The number of aromatic nitrogens is 2.